The highest BCUT2D eigenvalue weighted by Crippen LogP contribution is 2.26. The summed E-state index contributed by atoms with van der Waals surface area (Å²) in [5.41, 5.74) is 0.848. The number of nitrogens with one attached hydrogen (secondary N) is 2. The Hall–Kier alpha value is -1.40. The molecule has 2 rings (SSSR count). The zero-order chi connectivity index (χ0) is 18.1. The summed E-state index contributed by atoms with van der Waals surface area (Å²) < 4.78 is 5.15. The molecule has 0 amide bonds. The first-order valence-electron chi connectivity index (χ1n) is 9.05. The van der Waals surface area contributed by atoms with Gasteiger partial charge in [-0.2, -0.15) is 11.8 Å². The van der Waals surface area contributed by atoms with E-state index >= 15 is 0 Å². The van der Waals surface area contributed by atoms with E-state index in [-0.39, 0.29) is 0 Å². The summed E-state index contributed by atoms with van der Waals surface area (Å²) >= 11 is 1.96. The molecule has 0 spiro atoms. The lowest BCUT2D eigenvalue weighted by atomic mass is 9.95. The minimum absolute atomic E-state index is 0.334. The number of aliphatic imine (C=N–C) groups is 1. The van der Waals surface area contributed by atoms with Crippen LogP contribution >= 0.6 is 11.8 Å². The van der Waals surface area contributed by atoms with Crippen LogP contribution in [0, 0.1) is 0 Å². The molecule has 1 aliphatic rings. The van der Waals surface area contributed by atoms with Gasteiger partial charge >= 0.3 is 0 Å². The van der Waals surface area contributed by atoms with Crippen molar-refractivity contribution in [2.24, 2.45) is 4.99 Å². The molecule has 1 aromatic carbocycles. The van der Waals surface area contributed by atoms with Crippen molar-refractivity contribution in [2.45, 2.75) is 50.0 Å². The summed E-state index contributed by atoms with van der Waals surface area (Å²) in [6, 6.07) is 7.93. The molecule has 6 heteroatoms. The molecule has 5 nitrogen and oxygen atoms in total. The molecule has 0 aromatic heterocycles. The van der Waals surface area contributed by atoms with Crippen molar-refractivity contribution in [1.29, 1.82) is 0 Å². The zero-order valence-corrected chi connectivity index (χ0v) is 16.3. The molecular formula is C19H31N3O2S. The Morgan fingerprint density at radius 2 is 2.12 bits per heavy atom. The molecule has 1 fully saturated rings. The van der Waals surface area contributed by atoms with Gasteiger partial charge in [0.1, 0.15) is 5.75 Å². The first-order valence-corrected chi connectivity index (χ1v) is 10.3. The molecule has 0 bridgehead atoms. The monoisotopic (exact) mass is 365 g/mol. The Bertz CT molecular complexity index is 536. The van der Waals surface area contributed by atoms with Crippen LogP contribution in [-0.4, -0.2) is 48.8 Å². The predicted octanol–water partition coefficient (Wildman–Crippen LogP) is 2.96. The van der Waals surface area contributed by atoms with Gasteiger partial charge in [0.15, 0.2) is 5.96 Å². The van der Waals surface area contributed by atoms with Crippen molar-refractivity contribution in [2.75, 3.05) is 26.5 Å². The highest BCUT2D eigenvalue weighted by Gasteiger charge is 2.22. The smallest absolute Gasteiger partial charge is 0.191 e. The minimum atomic E-state index is -0.619. The second-order valence-corrected chi connectivity index (χ2v) is 7.51. The van der Waals surface area contributed by atoms with Crippen LogP contribution in [0.2, 0.25) is 0 Å². The molecule has 1 aromatic rings. The predicted molar refractivity (Wildman–Crippen MR) is 107 cm³/mol. The zero-order valence-electron chi connectivity index (χ0n) is 15.5. The number of nitrogens with zero attached hydrogens (tertiary/aromatic N) is 1. The van der Waals surface area contributed by atoms with Crippen LogP contribution < -0.4 is 15.4 Å². The van der Waals surface area contributed by atoms with Gasteiger partial charge in [0.05, 0.1) is 19.8 Å². The topological polar surface area (TPSA) is 65.9 Å². The van der Waals surface area contributed by atoms with Crippen LogP contribution in [0.15, 0.2) is 29.3 Å². The standard InChI is InChI=1S/C19H31N3O2S/c1-4-20-19(22-15-6-5-7-17(12-15)25-3)21-13-18(23)14-8-10-16(24-2)11-9-14/h8-11,15,17-18,23H,4-7,12-13H2,1-3H3,(H2,20,21,22). The molecular weight excluding hydrogens is 334 g/mol. The summed E-state index contributed by atoms with van der Waals surface area (Å²) in [7, 11) is 1.64. The minimum Gasteiger partial charge on any atom is -0.497 e. The average Bonchev–Trinajstić information content (AvgIpc) is 2.66. The fourth-order valence-corrected chi connectivity index (χ4v) is 3.94. The molecule has 25 heavy (non-hydrogen) atoms. The fourth-order valence-electron chi connectivity index (χ4n) is 3.11. The molecule has 3 unspecified atom stereocenters. The number of benzene rings is 1. The number of rotatable bonds is 7. The number of hydrogen-bond acceptors (Lipinski definition) is 4. The summed E-state index contributed by atoms with van der Waals surface area (Å²) in [4.78, 5) is 4.58. The van der Waals surface area contributed by atoms with Crippen molar-refractivity contribution >= 4 is 17.7 Å². The lowest BCUT2D eigenvalue weighted by molar-refractivity contribution is 0.187. The van der Waals surface area contributed by atoms with Crippen molar-refractivity contribution in [3.63, 3.8) is 0 Å². The summed E-state index contributed by atoms with van der Waals surface area (Å²) in [5, 5.41) is 17.9. The Morgan fingerprint density at radius 3 is 2.76 bits per heavy atom. The number of thioether (sulfide) groups is 1. The van der Waals surface area contributed by atoms with E-state index in [9.17, 15) is 5.11 Å². The maximum atomic E-state index is 10.4. The van der Waals surface area contributed by atoms with Gasteiger partial charge < -0.3 is 20.5 Å². The summed E-state index contributed by atoms with van der Waals surface area (Å²) in [6.07, 6.45) is 6.50. The molecule has 3 atom stereocenters. The SMILES string of the molecule is CCNC(=NCC(O)c1ccc(OC)cc1)NC1CCCC(SC)C1. The highest BCUT2D eigenvalue weighted by atomic mass is 32.2. The second-order valence-electron chi connectivity index (χ2n) is 6.37. The molecule has 0 heterocycles. The largest absolute Gasteiger partial charge is 0.497 e. The molecule has 0 saturated heterocycles. The van der Waals surface area contributed by atoms with Gasteiger partial charge in [-0.05, 0) is 50.1 Å². The number of aliphatic hydroxyl groups excluding tert-OH is 1. The number of methoxy groups -OCH3 is 1. The number of aliphatic hydroxyl groups is 1. The van der Waals surface area contributed by atoms with Crippen LogP contribution in [0.3, 0.4) is 0 Å². The normalized spacial score (nSPS) is 22.3. The maximum Gasteiger partial charge on any atom is 0.191 e. The Kier molecular flexibility index (Phi) is 8.41. The van der Waals surface area contributed by atoms with E-state index in [0.717, 1.165) is 29.1 Å². The number of guanidine groups is 1. The van der Waals surface area contributed by atoms with E-state index in [4.69, 9.17) is 4.74 Å². The molecule has 0 aliphatic heterocycles. The van der Waals surface area contributed by atoms with E-state index in [1.165, 1.54) is 25.7 Å². The van der Waals surface area contributed by atoms with Gasteiger partial charge in [0, 0.05) is 17.8 Å². The van der Waals surface area contributed by atoms with Crippen molar-refractivity contribution in [3.8, 4) is 5.75 Å². The first kappa shape index (κ1) is 19.9. The molecule has 1 aliphatic carbocycles. The molecule has 3 N–H and O–H groups in total. The van der Waals surface area contributed by atoms with E-state index in [1.807, 2.05) is 36.0 Å². The molecule has 1 saturated carbocycles. The van der Waals surface area contributed by atoms with Gasteiger partial charge in [0.25, 0.3) is 0 Å². The lowest BCUT2D eigenvalue weighted by Crippen LogP contribution is -2.45. The van der Waals surface area contributed by atoms with Gasteiger partial charge in [-0.3, -0.25) is 4.99 Å². The molecule has 0 radical (unpaired) electrons. The van der Waals surface area contributed by atoms with Crippen molar-refractivity contribution < 1.29 is 9.84 Å². The third-order valence-electron chi connectivity index (χ3n) is 4.57. The van der Waals surface area contributed by atoms with Crippen LogP contribution in [0.25, 0.3) is 0 Å². The maximum absolute atomic E-state index is 10.4. The fraction of sp³-hybridized carbons (Fsp3) is 0.632. The van der Waals surface area contributed by atoms with E-state index in [0.29, 0.717) is 12.6 Å². The van der Waals surface area contributed by atoms with Crippen LogP contribution in [0.5, 0.6) is 5.75 Å². The lowest BCUT2D eigenvalue weighted by Gasteiger charge is -2.30. The Morgan fingerprint density at radius 1 is 1.36 bits per heavy atom. The third-order valence-corrected chi connectivity index (χ3v) is 5.66. The third kappa shape index (κ3) is 6.44. The quantitative estimate of drug-likeness (QED) is 0.512. The Labute approximate surface area is 155 Å². The van der Waals surface area contributed by atoms with Crippen LogP contribution in [0.1, 0.15) is 44.3 Å². The van der Waals surface area contributed by atoms with Gasteiger partial charge in [-0.25, -0.2) is 0 Å². The first-order chi connectivity index (χ1) is 12.2. The van der Waals surface area contributed by atoms with E-state index < -0.39 is 6.10 Å². The average molecular weight is 366 g/mol. The second kappa shape index (κ2) is 10.6. The van der Waals surface area contributed by atoms with Crippen LogP contribution in [-0.2, 0) is 0 Å². The summed E-state index contributed by atoms with van der Waals surface area (Å²) in [6.45, 7) is 3.20. The van der Waals surface area contributed by atoms with Gasteiger partial charge in [-0.15, -0.1) is 0 Å². The number of ether oxygens (including phenoxy) is 1. The van der Waals surface area contributed by atoms with E-state index in [1.54, 1.807) is 7.11 Å². The van der Waals surface area contributed by atoms with Crippen LogP contribution in [0.4, 0.5) is 0 Å². The Balaban J connectivity index is 1.93. The van der Waals surface area contributed by atoms with E-state index in [2.05, 4.69) is 28.8 Å². The highest BCUT2D eigenvalue weighted by molar-refractivity contribution is 7.99. The van der Waals surface area contributed by atoms with Crippen molar-refractivity contribution in [3.05, 3.63) is 29.8 Å². The van der Waals surface area contributed by atoms with Crippen molar-refractivity contribution in [1.82, 2.24) is 10.6 Å². The summed E-state index contributed by atoms with van der Waals surface area (Å²) in [5.74, 6) is 1.58. The van der Waals surface area contributed by atoms with Gasteiger partial charge in [-0.1, -0.05) is 18.6 Å². The number of hydrogen-bond donors (Lipinski definition) is 3. The molecule has 140 valence electrons. The van der Waals surface area contributed by atoms with Gasteiger partial charge in [0.2, 0.25) is 0 Å².